The smallest absolute Gasteiger partial charge is 0.477 e. The van der Waals surface area contributed by atoms with Gasteiger partial charge in [0.2, 0.25) is 17.3 Å². The molecule has 15 rings (SSSR count). The van der Waals surface area contributed by atoms with Crippen molar-refractivity contribution in [3.63, 3.8) is 0 Å². The Hall–Kier alpha value is -7.83. The van der Waals surface area contributed by atoms with Crippen LogP contribution in [0.15, 0.2) is 139 Å². The molecule has 0 saturated heterocycles. The zero-order valence-corrected chi connectivity index (χ0v) is 70.7. The van der Waals surface area contributed by atoms with E-state index in [0.717, 1.165) is 160 Å². The van der Waals surface area contributed by atoms with Crippen molar-refractivity contribution in [3.05, 3.63) is 139 Å². The zero-order valence-electron chi connectivity index (χ0n) is 70.7. The Labute approximate surface area is 661 Å². The van der Waals surface area contributed by atoms with E-state index in [2.05, 4.69) is 169 Å². The summed E-state index contributed by atoms with van der Waals surface area (Å²) in [6.07, 6.45) is 39.5. The predicted octanol–water partition coefficient (Wildman–Crippen LogP) is 21.8. The first-order chi connectivity index (χ1) is 51.8. The van der Waals surface area contributed by atoms with Gasteiger partial charge in [-0.2, -0.15) is 15.8 Å². The number of alkyl carbamates (subject to hydrolysis) is 1. The predicted molar refractivity (Wildman–Crippen MR) is 428 cm³/mol. The summed E-state index contributed by atoms with van der Waals surface area (Å²) in [5.41, 5.74) is 12.3. The lowest BCUT2D eigenvalue weighted by atomic mass is 9.34. The van der Waals surface area contributed by atoms with Gasteiger partial charge in [0.15, 0.2) is 23.9 Å². The lowest BCUT2D eigenvalue weighted by Gasteiger charge is -2.69. The number of ketones is 3. The molecule has 0 heterocycles. The van der Waals surface area contributed by atoms with Gasteiger partial charge in [-0.05, 0) is 308 Å². The molecule has 0 aliphatic heterocycles. The highest BCUT2D eigenvalue weighted by molar-refractivity contribution is 6.09. The number of esters is 1. The Morgan fingerprint density at radius 2 is 0.748 bits per heavy atom. The normalized spacial score (nSPS) is 42.6. The summed E-state index contributed by atoms with van der Waals surface area (Å²) < 4.78 is 26.0. The Morgan fingerprint density at radius 1 is 0.432 bits per heavy atom. The summed E-state index contributed by atoms with van der Waals surface area (Å²) in [5.74, 6) is 0.712. The van der Waals surface area contributed by atoms with Gasteiger partial charge < -0.3 is 29.0 Å². The average molecular weight is 1510 g/mol. The van der Waals surface area contributed by atoms with E-state index in [4.69, 9.17) is 18.9 Å². The van der Waals surface area contributed by atoms with E-state index >= 15 is 0 Å². The standard InChI is InChI=1S/C32H42N2O3.2C32H41NO4/c1-8-34-27(36)37-26-20(2)21-9-10-24-30(5,22(21)17-23(26)35)14-16-32(7)25-18-28(3,19-33)11-12-29(25,4)13-15-31(24,32)6;1-20-21-8-9-24-30(4,22(21)16-23(34)27(20)37-18-26(35)36-7)13-15-32(6)25-17-28(2,19-33)10-11-29(25,3)12-14-31(24,32)5;1-8-36-27(35)37-26-20(2)21-9-10-24-30(5,22(21)17-23(26)34)14-16-32(7)25-18-28(3,19-33)11-12-29(25,4)13-15-31(24,32)6/h9-10,17,25H,8,11-16,18H2,1-7H3,(H,34,36);8-9,16,25H,10-15,17-18H2,1-7H3;9-10,17,25H,8,11-16,18H2,1-7H3/t3*25-,28-,29-,30+,31-,32+/m111/s1. The number of ether oxygens (including phenoxy) is 5. The highest BCUT2D eigenvalue weighted by Gasteiger charge is 2.71. The molecule has 9 saturated carbocycles. The summed E-state index contributed by atoms with van der Waals surface area (Å²) >= 11 is 0. The molecule has 0 spiro atoms. The molecule has 15 heteroatoms. The van der Waals surface area contributed by atoms with Crippen molar-refractivity contribution in [2.24, 2.45) is 99.0 Å². The van der Waals surface area contributed by atoms with E-state index in [1.807, 2.05) is 27.7 Å². The van der Waals surface area contributed by atoms with Crippen molar-refractivity contribution in [3.8, 4) is 18.2 Å². The van der Waals surface area contributed by atoms with Crippen LogP contribution >= 0.6 is 0 Å². The molecule has 111 heavy (non-hydrogen) atoms. The molecule has 0 aromatic heterocycles. The lowest BCUT2D eigenvalue weighted by molar-refractivity contribution is -0.155. The van der Waals surface area contributed by atoms with E-state index in [1.165, 1.54) is 43.1 Å². The Kier molecular flexibility index (Phi) is 19.9. The number of nitriles is 3. The number of methoxy groups -OCH3 is 1. The van der Waals surface area contributed by atoms with Crippen LogP contribution < -0.4 is 5.32 Å². The minimum absolute atomic E-state index is 0.0108. The minimum Gasteiger partial charge on any atom is -0.477 e. The van der Waals surface area contributed by atoms with E-state index < -0.39 is 18.2 Å². The highest BCUT2D eigenvalue weighted by atomic mass is 16.7. The number of hydrogen-bond acceptors (Lipinski definition) is 14. The van der Waals surface area contributed by atoms with Crippen LogP contribution in [0.25, 0.3) is 0 Å². The topological polar surface area (TPSA) is 232 Å². The molecule has 1 amide bonds. The van der Waals surface area contributed by atoms with Crippen molar-refractivity contribution in [1.29, 1.82) is 15.8 Å². The second-order valence-electron chi connectivity index (χ2n) is 40.7. The van der Waals surface area contributed by atoms with Crippen LogP contribution in [0.5, 0.6) is 0 Å². The molecule has 15 aliphatic carbocycles. The van der Waals surface area contributed by atoms with Crippen LogP contribution in [-0.2, 0) is 42.9 Å². The second-order valence-corrected chi connectivity index (χ2v) is 40.7. The van der Waals surface area contributed by atoms with Gasteiger partial charge in [0.1, 0.15) is 0 Å². The van der Waals surface area contributed by atoms with Gasteiger partial charge in [-0.25, -0.2) is 14.4 Å². The largest absolute Gasteiger partial charge is 0.513 e. The summed E-state index contributed by atoms with van der Waals surface area (Å²) in [4.78, 5) is 75.5. The van der Waals surface area contributed by atoms with Crippen LogP contribution in [-0.4, -0.2) is 62.4 Å². The van der Waals surface area contributed by atoms with Crippen molar-refractivity contribution in [2.75, 3.05) is 26.9 Å². The molecule has 0 radical (unpaired) electrons. The number of amides is 1. The third kappa shape index (κ3) is 12.0. The number of rotatable bonds is 7. The first kappa shape index (κ1) is 81.2. The van der Waals surface area contributed by atoms with Gasteiger partial charge >= 0.3 is 18.2 Å². The summed E-state index contributed by atoms with van der Waals surface area (Å²) in [6.45, 7) is 45.3. The van der Waals surface area contributed by atoms with Gasteiger partial charge in [-0.1, -0.05) is 136 Å². The molecular formula is C96H124N4O11. The Balaban J connectivity index is 0.000000146. The quantitative estimate of drug-likeness (QED) is 0.185. The van der Waals surface area contributed by atoms with Crippen molar-refractivity contribution < 1.29 is 52.5 Å². The minimum atomic E-state index is -0.844. The second kappa shape index (κ2) is 27.2. The molecule has 0 unspecified atom stereocenters. The number of carbonyl (C=O) groups excluding carboxylic acids is 6. The SMILES string of the molecule is CCNC(=O)OC1=C(C)C2=CC=C3[C@@](C)(CC[C@@]4(C)[C@@H]5C[C@](C)(C#N)CC[C@]5(C)CC[C@]34C)C2=CC1=O.CCOC(=O)OC1=C(C)C2=CC=C3[C@@](C)(CC[C@@]4(C)[C@@H]5C[C@](C)(C#N)CC[C@]5(C)CC[C@]34C)C2=CC1=O.COC(=O)COC1=C(C)C2=CC=C3[C@@](C)(CC[C@@]4(C)[C@@H]5C[C@](C)(C#N)CC[C@]5(C)CC[C@]34C)C2=CC1=O. The number of nitrogens with one attached hydrogen (secondary N) is 1. The number of fused-ring (bicyclic) bond motifs is 21. The number of carbonyl (C=O) groups is 6. The maximum atomic E-state index is 13.3. The van der Waals surface area contributed by atoms with Crippen LogP contribution in [0.3, 0.4) is 0 Å². The molecule has 9 fully saturated rings. The van der Waals surface area contributed by atoms with E-state index in [0.29, 0.717) is 29.9 Å². The molecular weight excluding hydrogens is 1390 g/mol. The molecule has 1 N–H and O–H groups in total. The summed E-state index contributed by atoms with van der Waals surface area (Å²) in [7, 11) is 1.31. The first-order valence-electron chi connectivity index (χ1n) is 41.8. The third-order valence-corrected chi connectivity index (χ3v) is 34.9. The van der Waals surface area contributed by atoms with E-state index in [1.54, 1.807) is 25.2 Å². The molecule has 0 aromatic rings. The third-order valence-electron chi connectivity index (χ3n) is 34.9. The molecule has 0 aromatic carbocycles. The number of allylic oxidation sites excluding steroid dienone is 21. The average Bonchev–Trinajstić information content (AvgIpc) is 0.687. The summed E-state index contributed by atoms with van der Waals surface area (Å²) in [6, 6.07) is 8.02. The molecule has 15 nitrogen and oxygen atoms in total. The first-order valence-corrected chi connectivity index (χ1v) is 41.8. The van der Waals surface area contributed by atoms with E-state index in [-0.39, 0.29) is 129 Å². The summed E-state index contributed by atoms with van der Waals surface area (Å²) in [5, 5.41) is 32.7. The monoisotopic (exact) mass is 1510 g/mol. The van der Waals surface area contributed by atoms with Gasteiger partial charge in [0.05, 0.1) is 48.2 Å². The number of nitrogens with zero attached hydrogens (tertiary/aromatic N) is 3. The van der Waals surface area contributed by atoms with Crippen LogP contribution in [0.2, 0.25) is 0 Å². The molecule has 18 atom stereocenters. The fourth-order valence-electron chi connectivity index (χ4n) is 26.8. The molecule has 15 aliphatic rings. The van der Waals surface area contributed by atoms with Crippen LogP contribution in [0.1, 0.15) is 273 Å². The molecule has 0 bridgehead atoms. The van der Waals surface area contributed by atoms with Crippen LogP contribution in [0, 0.1) is 133 Å². The fraction of sp³-hybridized carbons (Fsp3) is 0.656. The van der Waals surface area contributed by atoms with Gasteiger partial charge in [-0.3, -0.25) is 14.4 Å². The van der Waals surface area contributed by atoms with Gasteiger partial charge in [0.25, 0.3) is 0 Å². The lowest BCUT2D eigenvalue weighted by Crippen LogP contribution is -2.61. The highest BCUT2D eigenvalue weighted by Crippen LogP contribution is 2.80. The Bertz CT molecular complexity index is 4460. The van der Waals surface area contributed by atoms with E-state index in [9.17, 15) is 44.6 Å². The van der Waals surface area contributed by atoms with Gasteiger partial charge in [0, 0.05) is 39.5 Å². The maximum absolute atomic E-state index is 13.3. The fourth-order valence-corrected chi connectivity index (χ4v) is 26.8. The maximum Gasteiger partial charge on any atom is 0.513 e. The van der Waals surface area contributed by atoms with Crippen molar-refractivity contribution in [1.82, 2.24) is 5.32 Å². The van der Waals surface area contributed by atoms with Crippen molar-refractivity contribution in [2.45, 2.75) is 273 Å². The van der Waals surface area contributed by atoms with Gasteiger partial charge in [-0.15, -0.1) is 0 Å². The Morgan fingerprint density at radius 3 is 1.06 bits per heavy atom. The number of hydrogen-bond donors (Lipinski definition) is 1. The van der Waals surface area contributed by atoms with Crippen LogP contribution in [0.4, 0.5) is 9.59 Å². The van der Waals surface area contributed by atoms with Crippen molar-refractivity contribution >= 4 is 35.6 Å². The molecule has 594 valence electrons. The zero-order chi connectivity index (χ0) is 81.1.